The second-order valence-electron chi connectivity index (χ2n) is 4.48. The molecule has 0 fully saturated rings. The van der Waals surface area contributed by atoms with Crippen LogP contribution in [0.2, 0.25) is 5.02 Å². The Hall–Kier alpha value is -2.53. The summed E-state index contributed by atoms with van der Waals surface area (Å²) in [4.78, 5) is 23.4. The van der Waals surface area contributed by atoms with Crippen LogP contribution in [-0.4, -0.2) is 18.4 Å². The first-order valence-electron chi connectivity index (χ1n) is 6.26. The SMILES string of the molecule is O=C1COc2ccc(NC(=O)c3ccccc3Cl)cc2N1. The van der Waals surface area contributed by atoms with E-state index in [1.165, 1.54) is 0 Å². The Morgan fingerprint density at radius 2 is 2.05 bits per heavy atom. The normalized spacial score (nSPS) is 12.9. The molecule has 1 aliphatic heterocycles. The second-order valence-corrected chi connectivity index (χ2v) is 4.89. The lowest BCUT2D eigenvalue weighted by atomic mass is 10.2. The van der Waals surface area contributed by atoms with Crippen molar-refractivity contribution in [3.05, 3.63) is 53.1 Å². The third-order valence-corrected chi connectivity index (χ3v) is 3.32. The Labute approximate surface area is 125 Å². The maximum Gasteiger partial charge on any atom is 0.262 e. The van der Waals surface area contributed by atoms with Crippen LogP contribution in [0.1, 0.15) is 10.4 Å². The highest BCUT2D eigenvalue weighted by Crippen LogP contribution is 2.30. The lowest BCUT2D eigenvalue weighted by molar-refractivity contribution is -0.118. The zero-order chi connectivity index (χ0) is 14.8. The van der Waals surface area contributed by atoms with Gasteiger partial charge in [-0.1, -0.05) is 23.7 Å². The number of carbonyl (C=O) groups is 2. The van der Waals surface area contributed by atoms with Crippen LogP contribution in [0.15, 0.2) is 42.5 Å². The van der Waals surface area contributed by atoms with Crippen molar-refractivity contribution in [2.75, 3.05) is 17.2 Å². The van der Waals surface area contributed by atoms with E-state index in [4.69, 9.17) is 16.3 Å². The first kappa shape index (κ1) is 13.5. The average molecular weight is 303 g/mol. The molecule has 2 amide bonds. The van der Waals surface area contributed by atoms with E-state index in [-0.39, 0.29) is 18.4 Å². The van der Waals surface area contributed by atoms with E-state index in [9.17, 15) is 9.59 Å². The number of halogens is 1. The maximum absolute atomic E-state index is 12.2. The van der Waals surface area contributed by atoms with E-state index < -0.39 is 0 Å². The summed E-state index contributed by atoms with van der Waals surface area (Å²) in [6.45, 7) is -0.00166. The molecule has 1 heterocycles. The van der Waals surface area contributed by atoms with Crippen LogP contribution < -0.4 is 15.4 Å². The molecular weight excluding hydrogens is 292 g/mol. The van der Waals surface area contributed by atoms with Gasteiger partial charge in [-0.05, 0) is 30.3 Å². The van der Waals surface area contributed by atoms with Crippen LogP contribution in [0, 0.1) is 0 Å². The van der Waals surface area contributed by atoms with Gasteiger partial charge in [0.05, 0.1) is 16.3 Å². The van der Waals surface area contributed by atoms with Crippen molar-refractivity contribution in [3.8, 4) is 5.75 Å². The number of hydrogen-bond donors (Lipinski definition) is 2. The Bertz CT molecular complexity index is 731. The summed E-state index contributed by atoms with van der Waals surface area (Å²) in [5.74, 6) is 0.0334. The number of fused-ring (bicyclic) bond motifs is 1. The molecule has 0 radical (unpaired) electrons. The number of rotatable bonds is 2. The number of ether oxygens (including phenoxy) is 1. The van der Waals surface area contributed by atoms with Crippen LogP contribution in [0.5, 0.6) is 5.75 Å². The highest BCUT2D eigenvalue weighted by Gasteiger charge is 2.17. The van der Waals surface area contributed by atoms with Crippen molar-refractivity contribution in [3.63, 3.8) is 0 Å². The van der Waals surface area contributed by atoms with Crippen molar-refractivity contribution in [2.45, 2.75) is 0 Å². The van der Waals surface area contributed by atoms with E-state index in [0.717, 1.165) is 0 Å². The minimum Gasteiger partial charge on any atom is -0.482 e. The van der Waals surface area contributed by atoms with Gasteiger partial charge in [0.25, 0.3) is 11.8 Å². The summed E-state index contributed by atoms with van der Waals surface area (Å²) in [5.41, 5.74) is 1.46. The Kier molecular flexibility index (Phi) is 3.50. The van der Waals surface area contributed by atoms with Crippen molar-refractivity contribution < 1.29 is 14.3 Å². The fraction of sp³-hybridized carbons (Fsp3) is 0.0667. The van der Waals surface area contributed by atoms with Crippen molar-refractivity contribution >= 4 is 34.8 Å². The van der Waals surface area contributed by atoms with Crippen LogP contribution >= 0.6 is 11.6 Å². The van der Waals surface area contributed by atoms with Gasteiger partial charge >= 0.3 is 0 Å². The molecule has 0 unspecified atom stereocenters. The highest BCUT2D eigenvalue weighted by molar-refractivity contribution is 6.34. The van der Waals surface area contributed by atoms with Gasteiger partial charge in [-0.25, -0.2) is 0 Å². The van der Waals surface area contributed by atoms with Crippen LogP contribution in [0.25, 0.3) is 0 Å². The highest BCUT2D eigenvalue weighted by atomic mass is 35.5. The molecule has 2 aromatic carbocycles. The number of carbonyl (C=O) groups excluding carboxylic acids is 2. The number of benzene rings is 2. The van der Waals surface area contributed by atoms with E-state index >= 15 is 0 Å². The van der Waals surface area contributed by atoms with E-state index in [0.29, 0.717) is 27.7 Å². The van der Waals surface area contributed by atoms with Gasteiger partial charge < -0.3 is 15.4 Å². The molecule has 2 N–H and O–H groups in total. The molecule has 0 saturated heterocycles. The topological polar surface area (TPSA) is 67.4 Å². The largest absolute Gasteiger partial charge is 0.482 e. The molecule has 0 atom stereocenters. The van der Waals surface area contributed by atoms with Gasteiger partial charge in [-0.2, -0.15) is 0 Å². The van der Waals surface area contributed by atoms with Crippen molar-refractivity contribution in [1.82, 2.24) is 0 Å². The lowest BCUT2D eigenvalue weighted by Gasteiger charge is -2.18. The second kappa shape index (κ2) is 5.46. The Morgan fingerprint density at radius 1 is 1.24 bits per heavy atom. The standard InChI is InChI=1S/C15H11ClN2O3/c16-11-4-2-1-3-10(11)15(20)17-9-5-6-13-12(7-9)18-14(19)8-21-13/h1-7H,8H2,(H,17,20)(H,18,19). The predicted molar refractivity (Wildman–Crippen MR) is 80.0 cm³/mol. The Balaban J connectivity index is 1.82. The summed E-state index contributed by atoms with van der Waals surface area (Å²) in [6.07, 6.45) is 0. The molecule has 1 aliphatic rings. The minimum absolute atomic E-state index is 0.00166. The zero-order valence-corrected chi connectivity index (χ0v) is 11.6. The number of amides is 2. The summed E-state index contributed by atoms with van der Waals surface area (Å²) < 4.78 is 5.25. The molecular formula is C15H11ClN2O3. The molecule has 106 valence electrons. The molecule has 21 heavy (non-hydrogen) atoms. The molecule has 0 bridgehead atoms. The van der Waals surface area contributed by atoms with Gasteiger partial charge in [0, 0.05) is 5.69 Å². The van der Waals surface area contributed by atoms with Gasteiger partial charge in [-0.15, -0.1) is 0 Å². The summed E-state index contributed by atoms with van der Waals surface area (Å²) in [5, 5.41) is 5.80. The van der Waals surface area contributed by atoms with Gasteiger partial charge in [0.15, 0.2) is 6.61 Å². The smallest absolute Gasteiger partial charge is 0.262 e. The first-order chi connectivity index (χ1) is 10.1. The predicted octanol–water partition coefficient (Wildman–Crippen LogP) is 2.92. The molecule has 0 spiro atoms. The average Bonchev–Trinajstić information content (AvgIpc) is 2.47. The maximum atomic E-state index is 12.2. The molecule has 0 aliphatic carbocycles. The van der Waals surface area contributed by atoms with Gasteiger partial charge in [-0.3, -0.25) is 9.59 Å². The quantitative estimate of drug-likeness (QED) is 0.896. The molecule has 5 nitrogen and oxygen atoms in total. The van der Waals surface area contributed by atoms with Crippen molar-refractivity contribution in [1.29, 1.82) is 0 Å². The van der Waals surface area contributed by atoms with Crippen LogP contribution in [-0.2, 0) is 4.79 Å². The summed E-state index contributed by atoms with van der Waals surface area (Å²) in [6, 6.07) is 11.8. The van der Waals surface area contributed by atoms with Gasteiger partial charge in [0.1, 0.15) is 5.75 Å². The third-order valence-electron chi connectivity index (χ3n) is 2.99. The van der Waals surface area contributed by atoms with E-state index in [1.807, 2.05) is 0 Å². The lowest BCUT2D eigenvalue weighted by Crippen LogP contribution is -2.25. The molecule has 3 rings (SSSR count). The fourth-order valence-corrected chi connectivity index (χ4v) is 2.23. The minimum atomic E-state index is -0.316. The van der Waals surface area contributed by atoms with E-state index in [2.05, 4.69) is 10.6 Å². The third kappa shape index (κ3) is 2.83. The molecule has 0 aromatic heterocycles. The molecule has 0 saturated carbocycles. The number of hydrogen-bond acceptors (Lipinski definition) is 3. The number of anilines is 2. The number of nitrogens with one attached hydrogen (secondary N) is 2. The van der Waals surface area contributed by atoms with Crippen LogP contribution in [0.4, 0.5) is 11.4 Å². The van der Waals surface area contributed by atoms with Crippen LogP contribution in [0.3, 0.4) is 0 Å². The summed E-state index contributed by atoms with van der Waals surface area (Å²) in [7, 11) is 0. The van der Waals surface area contributed by atoms with Crippen molar-refractivity contribution in [2.24, 2.45) is 0 Å². The summed E-state index contributed by atoms with van der Waals surface area (Å²) >= 11 is 5.98. The Morgan fingerprint density at radius 3 is 2.86 bits per heavy atom. The first-order valence-corrected chi connectivity index (χ1v) is 6.64. The van der Waals surface area contributed by atoms with Gasteiger partial charge in [0.2, 0.25) is 0 Å². The molecule has 6 heteroatoms. The monoisotopic (exact) mass is 302 g/mol. The van der Waals surface area contributed by atoms with E-state index in [1.54, 1.807) is 42.5 Å². The molecule has 2 aromatic rings. The fourth-order valence-electron chi connectivity index (χ4n) is 2.00. The zero-order valence-electron chi connectivity index (χ0n) is 10.9.